The summed E-state index contributed by atoms with van der Waals surface area (Å²) in [5.74, 6) is 2.79. The Bertz CT molecular complexity index is 1280. The number of fused-ring (bicyclic) bond motifs is 2. The minimum atomic E-state index is -0.123. The Balaban J connectivity index is 1.32. The van der Waals surface area contributed by atoms with Crippen molar-refractivity contribution in [3.05, 3.63) is 88.2 Å². The van der Waals surface area contributed by atoms with Gasteiger partial charge in [-0.3, -0.25) is 9.69 Å². The molecule has 35 heavy (non-hydrogen) atoms. The lowest BCUT2D eigenvalue weighted by atomic mass is 9.99. The highest BCUT2D eigenvalue weighted by molar-refractivity contribution is 6.15. The molecule has 6 heteroatoms. The number of benzene rings is 3. The molecule has 2 aliphatic rings. The van der Waals surface area contributed by atoms with Gasteiger partial charge in [-0.1, -0.05) is 36.4 Å². The highest BCUT2D eigenvalue weighted by Crippen LogP contribution is 2.43. The summed E-state index contributed by atoms with van der Waals surface area (Å²) in [4.78, 5) is 15.5. The van der Waals surface area contributed by atoms with E-state index in [0.717, 1.165) is 48.4 Å². The summed E-state index contributed by atoms with van der Waals surface area (Å²) >= 11 is 0. The highest BCUT2D eigenvalue weighted by atomic mass is 16.5. The van der Waals surface area contributed by atoms with Crippen LogP contribution in [0.3, 0.4) is 0 Å². The normalized spacial score (nSPS) is 15.9. The van der Waals surface area contributed by atoms with Gasteiger partial charge in [-0.15, -0.1) is 0 Å². The van der Waals surface area contributed by atoms with Crippen LogP contribution in [0.4, 0.5) is 0 Å². The molecular weight excluding hydrogens is 442 g/mol. The van der Waals surface area contributed by atoms with Crippen molar-refractivity contribution < 1.29 is 23.7 Å². The number of allylic oxidation sites excluding steroid dienone is 1. The Morgan fingerprint density at radius 1 is 1.00 bits per heavy atom. The average molecular weight is 472 g/mol. The topological polar surface area (TPSA) is 57.2 Å². The molecule has 0 atom stereocenters. The van der Waals surface area contributed by atoms with E-state index >= 15 is 0 Å². The van der Waals surface area contributed by atoms with E-state index in [9.17, 15) is 4.79 Å². The smallest absolute Gasteiger partial charge is 0.231 e. The maximum absolute atomic E-state index is 13.2. The molecule has 0 saturated carbocycles. The lowest BCUT2D eigenvalue weighted by Crippen LogP contribution is -2.33. The number of carbonyl (C=O) groups is 1. The van der Waals surface area contributed by atoms with Crippen LogP contribution in [0.25, 0.3) is 6.08 Å². The summed E-state index contributed by atoms with van der Waals surface area (Å²) in [7, 11) is 3.17. The van der Waals surface area contributed by atoms with Gasteiger partial charge in [0.15, 0.2) is 17.3 Å². The number of nitrogens with zero attached hydrogens (tertiary/aromatic N) is 1. The number of hydrogen-bond donors (Lipinski definition) is 0. The van der Waals surface area contributed by atoms with Crippen LogP contribution in [0.5, 0.6) is 23.0 Å². The van der Waals surface area contributed by atoms with E-state index in [-0.39, 0.29) is 11.5 Å². The van der Waals surface area contributed by atoms with E-state index in [1.54, 1.807) is 20.3 Å². The molecule has 2 aliphatic heterocycles. The number of ketones is 1. The number of methoxy groups -OCH3 is 2. The molecule has 0 radical (unpaired) electrons. The molecule has 2 heterocycles. The summed E-state index contributed by atoms with van der Waals surface area (Å²) < 4.78 is 22.8. The van der Waals surface area contributed by atoms with Gasteiger partial charge < -0.3 is 18.9 Å². The molecule has 0 unspecified atom stereocenters. The van der Waals surface area contributed by atoms with Crippen LogP contribution < -0.4 is 18.9 Å². The van der Waals surface area contributed by atoms with Gasteiger partial charge in [0, 0.05) is 24.2 Å². The standard InChI is InChI=1S/C29H29NO5/c1-19-28-22(17-30(18-34-28)13-7-10-20-8-5-4-6-9-20)16-23-27(31)26(35-29(19)23)15-21-11-12-24(32-2)25(14-21)33-3/h4-6,8-9,11-12,14-16H,7,10,13,17-18H2,1-3H3/b26-15-. The van der Waals surface area contributed by atoms with E-state index < -0.39 is 0 Å². The number of rotatable bonds is 7. The monoisotopic (exact) mass is 471 g/mol. The van der Waals surface area contributed by atoms with Crippen LogP contribution in [0.15, 0.2) is 60.4 Å². The largest absolute Gasteiger partial charge is 0.493 e. The predicted octanol–water partition coefficient (Wildman–Crippen LogP) is 5.41. The third kappa shape index (κ3) is 4.62. The Hall–Kier alpha value is -3.77. The number of aryl methyl sites for hydroxylation is 1. The molecule has 3 aromatic carbocycles. The van der Waals surface area contributed by atoms with Crippen LogP contribution >= 0.6 is 0 Å². The molecule has 6 nitrogen and oxygen atoms in total. The molecule has 0 N–H and O–H groups in total. The summed E-state index contributed by atoms with van der Waals surface area (Å²) in [5.41, 5.74) is 4.61. The maximum atomic E-state index is 13.2. The molecular formula is C29H29NO5. The zero-order valence-electron chi connectivity index (χ0n) is 20.3. The van der Waals surface area contributed by atoms with E-state index in [2.05, 4.69) is 29.2 Å². The average Bonchev–Trinajstić information content (AvgIpc) is 3.19. The Labute approximate surface area is 205 Å². The van der Waals surface area contributed by atoms with Gasteiger partial charge in [0.25, 0.3) is 0 Å². The predicted molar refractivity (Wildman–Crippen MR) is 134 cm³/mol. The fourth-order valence-corrected chi connectivity index (χ4v) is 4.69. The fraction of sp³-hybridized carbons (Fsp3) is 0.276. The Kier molecular flexibility index (Phi) is 6.47. The van der Waals surface area contributed by atoms with Crippen LogP contribution in [0, 0.1) is 6.92 Å². The summed E-state index contributed by atoms with van der Waals surface area (Å²) in [6.07, 6.45) is 3.82. The molecule has 0 aromatic heterocycles. The van der Waals surface area contributed by atoms with Crippen molar-refractivity contribution in [2.45, 2.75) is 26.3 Å². The van der Waals surface area contributed by atoms with Gasteiger partial charge in [-0.05, 0) is 55.2 Å². The minimum Gasteiger partial charge on any atom is -0.493 e. The summed E-state index contributed by atoms with van der Waals surface area (Å²) in [6.45, 7) is 4.17. The summed E-state index contributed by atoms with van der Waals surface area (Å²) in [6, 6.07) is 17.9. The highest BCUT2D eigenvalue weighted by Gasteiger charge is 2.33. The molecule has 0 saturated heterocycles. The zero-order valence-corrected chi connectivity index (χ0v) is 20.3. The van der Waals surface area contributed by atoms with Crippen molar-refractivity contribution in [1.82, 2.24) is 4.90 Å². The van der Waals surface area contributed by atoms with Crippen molar-refractivity contribution in [2.24, 2.45) is 0 Å². The van der Waals surface area contributed by atoms with E-state index in [1.165, 1.54) is 5.56 Å². The van der Waals surface area contributed by atoms with Gasteiger partial charge in [0.2, 0.25) is 5.78 Å². The molecule has 0 amide bonds. The third-order valence-corrected chi connectivity index (χ3v) is 6.49. The molecule has 0 aliphatic carbocycles. The van der Waals surface area contributed by atoms with Gasteiger partial charge in [0.1, 0.15) is 18.2 Å². The quantitative estimate of drug-likeness (QED) is 0.429. The Morgan fingerprint density at radius 3 is 2.57 bits per heavy atom. The first-order valence-electron chi connectivity index (χ1n) is 11.8. The second-order valence-corrected chi connectivity index (χ2v) is 8.84. The van der Waals surface area contributed by atoms with Crippen molar-refractivity contribution in [3.8, 4) is 23.0 Å². The number of hydrogen-bond acceptors (Lipinski definition) is 6. The lowest BCUT2D eigenvalue weighted by Gasteiger charge is -2.30. The fourth-order valence-electron chi connectivity index (χ4n) is 4.69. The third-order valence-electron chi connectivity index (χ3n) is 6.49. The van der Waals surface area contributed by atoms with Crippen LogP contribution in [-0.2, 0) is 13.0 Å². The molecule has 0 spiro atoms. The molecule has 180 valence electrons. The molecule has 0 bridgehead atoms. The number of ether oxygens (including phenoxy) is 4. The van der Waals surface area contributed by atoms with Gasteiger partial charge in [0.05, 0.1) is 19.8 Å². The maximum Gasteiger partial charge on any atom is 0.231 e. The zero-order chi connectivity index (χ0) is 24.4. The number of Topliss-reactive ketones (excluding diaryl/α,β-unsaturated/α-hetero) is 1. The summed E-state index contributed by atoms with van der Waals surface area (Å²) in [5, 5.41) is 0. The first-order valence-corrected chi connectivity index (χ1v) is 11.8. The number of carbonyl (C=O) groups excluding carboxylic acids is 1. The first kappa shape index (κ1) is 23.0. The van der Waals surface area contributed by atoms with Crippen molar-refractivity contribution >= 4 is 11.9 Å². The van der Waals surface area contributed by atoms with Crippen molar-refractivity contribution in [3.63, 3.8) is 0 Å². The lowest BCUT2D eigenvalue weighted by molar-refractivity contribution is 0.0932. The van der Waals surface area contributed by atoms with Gasteiger partial charge >= 0.3 is 0 Å². The first-order chi connectivity index (χ1) is 17.1. The minimum absolute atomic E-state index is 0.123. The Morgan fingerprint density at radius 2 is 1.80 bits per heavy atom. The van der Waals surface area contributed by atoms with Crippen LogP contribution in [-0.4, -0.2) is 38.2 Å². The molecule has 5 rings (SSSR count). The van der Waals surface area contributed by atoms with Crippen LogP contribution in [0.1, 0.15) is 39.0 Å². The molecule has 3 aromatic rings. The molecule has 0 fully saturated rings. The van der Waals surface area contributed by atoms with Crippen molar-refractivity contribution in [1.29, 1.82) is 0 Å². The van der Waals surface area contributed by atoms with E-state index in [0.29, 0.717) is 29.5 Å². The van der Waals surface area contributed by atoms with Crippen LogP contribution in [0.2, 0.25) is 0 Å². The van der Waals surface area contributed by atoms with E-state index in [4.69, 9.17) is 18.9 Å². The van der Waals surface area contributed by atoms with Gasteiger partial charge in [-0.25, -0.2) is 0 Å². The van der Waals surface area contributed by atoms with Gasteiger partial charge in [-0.2, -0.15) is 0 Å². The van der Waals surface area contributed by atoms with Crippen molar-refractivity contribution in [2.75, 3.05) is 27.5 Å². The second kappa shape index (κ2) is 9.84. The van der Waals surface area contributed by atoms with E-state index in [1.807, 2.05) is 37.3 Å². The second-order valence-electron chi connectivity index (χ2n) is 8.84. The SMILES string of the molecule is COc1ccc(/C=C2\Oc3c(cc4c(c3C)OCN(CCCc3ccccc3)C4)C2=O)cc1OC.